The van der Waals surface area contributed by atoms with Crippen LogP contribution in [0, 0.1) is 0 Å². The largest absolute Gasteiger partial charge is 0.504 e. The Morgan fingerprint density at radius 2 is 2.24 bits per heavy atom. The summed E-state index contributed by atoms with van der Waals surface area (Å²) < 4.78 is 5.54. The van der Waals surface area contributed by atoms with Crippen LogP contribution in [-0.4, -0.2) is 29.8 Å². The summed E-state index contributed by atoms with van der Waals surface area (Å²) in [6.07, 6.45) is 4.76. The van der Waals surface area contributed by atoms with E-state index in [2.05, 4.69) is 11.6 Å². The molecule has 0 bridgehead atoms. The molecule has 0 unspecified atom stereocenters. The highest BCUT2D eigenvalue weighted by atomic mass is 32.2. The first-order chi connectivity index (χ1) is 8.21. The second-order valence-electron chi connectivity index (χ2n) is 4.46. The van der Waals surface area contributed by atoms with E-state index in [1.165, 1.54) is 12.8 Å². The summed E-state index contributed by atoms with van der Waals surface area (Å²) in [6, 6.07) is 5.59. The Kier molecular flexibility index (Phi) is 3.84. The van der Waals surface area contributed by atoms with Gasteiger partial charge in [-0.3, -0.25) is 0 Å². The van der Waals surface area contributed by atoms with Gasteiger partial charge in [0.25, 0.3) is 0 Å². The predicted octanol–water partition coefficient (Wildman–Crippen LogP) is 2.39. The molecule has 1 saturated carbocycles. The van der Waals surface area contributed by atoms with Crippen molar-refractivity contribution in [2.75, 3.05) is 19.9 Å². The first-order valence-corrected chi connectivity index (χ1v) is 7.04. The van der Waals surface area contributed by atoms with Crippen molar-refractivity contribution in [1.82, 2.24) is 5.32 Å². The summed E-state index contributed by atoms with van der Waals surface area (Å²) in [6.45, 7) is 1.69. The fourth-order valence-corrected chi connectivity index (χ4v) is 2.65. The molecular formula is C13H19NO2S. The fourth-order valence-electron chi connectivity index (χ4n) is 1.89. The van der Waals surface area contributed by atoms with Gasteiger partial charge < -0.3 is 15.2 Å². The summed E-state index contributed by atoms with van der Waals surface area (Å²) in [4.78, 5) is 0. The van der Waals surface area contributed by atoms with Crippen LogP contribution in [-0.2, 0) is 6.54 Å². The predicted molar refractivity (Wildman–Crippen MR) is 71.8 cm³/mol. The van der Waals surface area contributed by atoms with Crippen molar-refractivity contribution in [1.29, 1.82) is 0 Å². The first-order valence-electron chi connectivity index (χ1n) is 5.81. The van der Waals surface area contributed by atoms with E-state index in [0.29, 0.717) is 17.0 Å². The van der Waals surface area contributed by atoms with Crippen molar-refractivity contribution < 1.29 is 9.84 Å². The van der Waals surface area contributed by atoms with Crippen LogP contribution in [0.2, 0.25) is 0 Å². The summed E-state index contributed by atoms with van der Waals surface area (Å²) in [7, 11) is 1.57. The van der Waals surface area contributed by atoms with Crippen LogP contribution in [0.4, 0.5) is 0 Å². The van der Waals surface area contributed by atoms with Crippen LogP contribution in [0.5, 0.6) is 11.5 Å². The molecule has 0 amide bonds. The maximum absolute atomic E-state index is 9.92. The summed E-state index contributed by atoms with van der Waals surface area (Å²) in [5, 5.41) is 13.3. The lowest BCUT2D eigenvalue weighted by Gasteiger charge is -2.14. The number of hydrogen-bond donors (Lipinski definition) is 2. The highest BCUT2D eigenvalue weighted by molar-refractivity contribution is 8.00. The molecule has 0 aliphatic heterocycles. The molecule has 0 radical (unpaired) electrons. The molecule has 2 N–H and O–H groups in total. The molecule has 94 valence electrons. The molecule has 3 nitrogen and oxygen atoms in total. The van der Waals surface area contributed by atoms with E-state index >= 15 is 0 Å². The van der Waals surface area contributed by atoms with E-state index < -0.39 is 0 Å². The molecule has 17 heavy (non-hydrogen) atoms. The van der Waals surface area contributed by atoms with Gasteiger partial charge in [-0.2, -0.15) is 11.8 Å². The molecule has 1 aliphatic carbocycles. The normalized spacial score (nSPS) is 16.8. The van der Waals surface area contributed by atoms with Gasteiger partial charge in [-0.25, -0.2) is 0 Å². The van der Waals surface area contributed by atoms with E-state index in [1.807, 2.05) is 23.9 Å². The standard InChI is InChI=1S/C13H19NO2S/c1-16-11-5-3-4-10(12(11)15)8-14-9-13(17-2)6-7-13/h3-5,14-15H,6-9H2,1-2H3. The van der Waals surface area contributed by atoms with E-state index in [0.717, 1.165) is 12.1 Å². The van der Waals surface area contributed by atoms with Crippen molar-refractivity contribution in [2.45, 2.75) is 24.1 Å². The lowest BCUT2D eigenvalue weighted by molar-refractivity contribution is 0.369. The van der Waals surface area contributed by atoms with Gasteiger partial charge in [-0.1, -0.05) is 12.1 Å². The monoisotopic (exact) mass is 253 g/mol. The Bertz CT molecular complexity index is 391. The van der Waals surface area contributed by atoms with E-state index in [9.17, 15) is 5.11 Å². The third-order valence-corrected chi connectivity index (χ3v) is 4.72. The maximum atomic E-state index is 9.92. The second kappa shape index (κ2) is 5.19. The first kappa shape index (κ1) is 12.6. The van der Waals surface area contributed by atoms with Gasteiger partial charge in [0.05, 0.1) is 7.11 Å². The van der Waals surface area contributed by atoms with Crippen LogP contribution in [0.3, 0.4) is 0 Å². The Hall–Kier alpha value is -0.870. The quantitative estimate of drug-likeness (QED) is 0.817. The number of phenolic OH excluding ortho intramolecular Hbond substituents is 1. The number of para-hydroxylation sites is 1. The molecule has 1 aromatic rings. The number of rotatable bonds is 6. The zero-order valence-corrected chi connectivity index (χ0v) is 11.1. The van der Waals surface area contributed by atoms with Crippen LogP contribution in [0.1, 0.15) is 18.4 Å². The summed E-state index contributed by atoms with van der Waals surface area (Å²) in [5.74, 6) is 0.784. The van der Waals surface area contributed by atoms with E-state index in [1.54, 1.807) is 13.2 Å². The summed E-state index contributed by atoms with van der Waals surface area (Å²) >= 11 is 1.94. The van der Waals surface area contributed by atoms with E-state index in [-0.39, 0.29) is 5.75 Å². The number of ether oxygens (including phenoxy) is 1. The number of nitrogens with one attached hydrogen (secondary N) is 1. The Balaban J connectivity index is 1.90. The van der Waals surface area contributed by atoms with Crippen molar-refractivity contribution >= 4 is 11.8 Å². The summed E-state index contributed by atoms with van der Waals surface area (Å²) in [5.41, 5.74) is 0.890. The molecule has 1 aromatic carbocycles. The number of aromatic hydroxyl groups is 1. The van der Waals surface area contributed by atoms with Crippen molar-refractivity contribution in [3.8, 4) is 11.5 Å². The lowest BCUT2D eigenvalue weighted by Crippen LogP contribution is -2.25. The molecule has 2 rings (SSSR count). The highest BCUT2D eigenvalue weighted by Crippen LogP contribution is 2.46. The number of phenols is 1. The van der Waals surface area contributed by atoms with Gasteiger partial charge in [0.15, 0.2) is 11.5 Å². The maximum Gasteiger partial charge on any atom is 0.162 e. The minimum absolute atomic E-state index is 0.247. The molecule has 1 fully saturated rings. The van der Waals surface area contributed by atoms with Crippen molar-refractivity contribution in [2.24, 2.45) is 0 Å². The van der Waals surface area contributed by atoms with Gasteiger partial charge in [0.2, 0.25) is 0 Å². The van der Waals surface area contributed by atoms with Gasteiger partial charge in [0, 0.05) is 23.4 Å². The minimum Gasteiger partial charge on any atom is -0.504 e. The van der Waals surface area contributed by atoms with Crippen molar-refractivity contribution in [3.63, 3.8) is 0 Å². The Labute approximate surface area is 107 Å². The minimum atomic E-state index is 0.247. The molecule has 0 spiro atoms. The SMILES string of the molecule is COc1cccc(CNCC2(SC)CC2)c1O. The Morgan fingerprint density at radius 3 is 2.82 bits per heavy atom. The van der Waals surface area contributed by atoms with Gasteiger partial charge >= 0.3 is 0 Å². The van der Waals surface area contributed by atoms with Crippen LogP contribution in [0.25, 0.3) is 0 Å². The fraction of sp³-hybridized carbons (Fsp3) is 0.538. The molecule has 0 heterocycles. The molecule has 0 atom stereocenters. The van der Waals surface area contributed by atoms with Crippen LogP contribution in [0.15, 0.2) is 18.2 Å². The number of hydrogen-bond acceptors (Lipinski definition) is 4. The third kappa shape index (κ3) is 2.87. The van der Waals surface area contributed by atoms with Gasteiger partial charge in [0.1, 0.15) is 0 Å². The average Bonchev–Trinajstić information content (AvgIpc) is 3.12. The molecule has 1 aliphatic rings. The average molecular weight is 253 g/mol. The molecule has 4 heteroatoms. The van der Waals surface area contributed by atoms with Crippen LogP contribution < -0.4 is 10.1 Å². The topological polar surface area (TPSA) is 41.5 Å². The van der Waals surface area contributed by atoms with E-state index in [4.69, 9.17) is 4.74 Å². The number of thioether (sulfide) groups is 1. The zero-order valence-electron chi connectivity index (χ0n) is 10.3. The highest BCUT2D eigenvalue weighted by Gasteiger charge is 2.41. The number of benzene rings is 1. The zero-order chi connectivity index (χ0) is 12.3. The van der Waals surface area contributed by atoms with Gasteiger partial charge in [-0.05, 0) is 25.2 Å². The molecular weight excluding hydrogens is 234 g/mol. The molecule has 0 aromatic heterocycles. The van der Waals surface area contributed by atoms with Crippen LogP contribution >= 0.6 is 11.8 Å². The van der Waals surface area contributed by atoms with Gasteiger partial charge in [-0.15, -0.1) is 0 Å². The molecule has 0 saturated heterocycles. The number of methoxy groups -OCH3 is 1. The van der Waals surface area contributed by atoms with Crippen molar-refractivity contribution in [3.05, 3.63) is 23.8 Å². The second-order valence-corrected chi connectivity index (χ2v) is 5.73. The Morgan fingerprint density at radius 1 is 1.47 bits per heavy atom. The lowest BCUT2D eigenvalue weighted by atomic mass is 10.2. The smallest absolute Gasteiger partial charge is 0.162 e. The third-order valence-electron chi connectivity index (χ3n) is 3.31.